The number of pyridine rings is 1. The summed E-state index contributed by atoms with van der Waals surface area (Å²) in [6, 6.07) is 13.9. The topological polar surface area (TPSA) is 88.0 Å². The van der Waals surface area contributed by atoms with Crippen molar-refractivity contribution >= 4 is 5.91 Å². The predicted octanol–water partition coefficient (Wildman–Crippen LogP) is 0.979. The summed E-state index contributed by atoms with van der Waals surface area (Å²) in [5.74, 6) is -0.362. The molecule has 0 bridgehead atoms. The molecular weight excluding hydrogens is 254 g/mol. The van der Waals surface area contributed by atoms with Gasteiger partial charge in [0.15, 0.2) is 0 Å². The van der Waals surface area contributed by atoms with E-state index in [1.165, 1.54) is 12.1 Å². The second kappa shape index (κ2) is 5.71. The summed E-state index contributed by atoms with van der Waals surface area (Å²) < 4.78 is 0. The van der Waals surface area contributed by atoms with Gasteiger partial charge in [-0.3, -0.25) is 9.59 Å². The molecule has 2 rings (SSSR count). The number of aromatic amines is 1. The molecule has 0 aliphatic rings. The summed E-state index contributed by atoms with van der Waals surface area (Å²) in [5.41, 5.74) is 5.93. The fourth-order valence-electron chi connectivity index (χ4n) is 1.95. The van der Waals surface area contributed by atoms with E-state index in [9.17, 15) is 9.59 Å². The molecule has 0 spiro atoms. The molecule has 0 aliphatic heterocycles. The van der Waals surface area contributed by atoms with Gasteiger partial charge in [-0.15, -0.1) is 0 Å². The van der Waals surface area contributed by atoms with Crippen molar-refractivity contribution < 1.29 is 4.79 Å². The lowest BCUT2D eigenvalue weighted by Gasteiger charge is -2.30. The molecule has 0 radical (unpaired) electrons. The third kappa shape index (κ3) is 2.95. The Morgan fingerprint density at radius 1 is 1.20 bits per heavy atom. The standard InChI is InChI=1S/C15H17N3O2/c1-15(10-16,11-6-3-2-4-7-11)18-14(20)12-8-5-9-13(19)17-12/h2-9H,10,16H2,1H3,(H,17,19)(H,18,20). The maximum Gasteiger partial charge on any atom is 0.268 e. The third-order valence-electron chi connectivity index (χ3n) is 3.22. The molecule has 1 unspecified atom stereocenters. The number of rotatable bonds is 4. The number of aromatic nitrogens is 1. The van der Waals surface area contributed by atoms with Gasteiger partial charge in [-0.25, -0.2) is 0 Å². The largest absolute Gasteiger partial charge is 0.340 e. The zero-order chi connectivity index (χ0) is 14.6. The maximum absolute atomic E-state index is 12.2. The minimum absolute atomic E-state index is 0.216. The molecule has 104 valence electrons. The Labute approximate surface area is 116 Å². The van der Waals surface area contributed by atoms with Gasteiger partial charge in [-0.2, -0.15) is 0 Å². The molecule has 5 heteroatoms. The molecular formula is C15H17N3O2. The van der Waals surface area contributed by atoms with E-state index >= 15 is 0 Å². The van der Waals surface area contributed by atoms with Gasteiger partial charge in [0.25, 0.3) is 5.91 Å². The molecule has 1 aromatic carbocycles. The summed E-state index contributed by atoms with van der Waals surface area (Å²) in [4.78, 5) is 25.9. The van der Waals surface area contributed by atoms with Gasteiger partial charge < -0.3 is 16.0 Å². The maximum atomic E-state index is 12.2. The lowest BCUT2D eigenvalue weighted by atomic mass is 9.92. The van der Waals surface area contributed by atoms with Gasteiger partial charge in [0.05, 0.1) is 5.54 Å². The van der Waals surface area contributed by atoms with Crippen LogP contribution in [0, 0.1) is 0 Å². The van der Waals surface area contributed by atoms with E-state index in [1.807, 2.05) is 37.3 Å². The first-order valence-electron chi connectivity index (χ1n) is 6.32. The Hall–Kier alpha value is -2.40. The Balaban J connectivity index is 2.26. The number of benzene rings is 1. The van der Waals surface area contributed by atoms with Crippen molar-refractivity contribution in [1.82, 2.24) is 10.3 Å². The van der Waals surface area contributed by atoms with Crippen molar-refractivity contribution in [3.63, 3.8) is 0 Å². The van der Waals surface area contributed by atoms with Gasteiger partial charge in [0.2, 0.25) is 5.56 Å². The molecule has 1 aromatic heterocycles. The highest BCUT2D eigenvalue weighted by Crippen LogP contribution is 2.19. The van der Waals surface area contributed by atoms with Crippen LogP contribution in [0.1, 0.15) is 23.0 Å². The SMILES string of the molecule is CC(CN)(NC(=O)c1cccc(=O)[nH]1)c1ccccc1. The molecule has 5 nitrogen and oxygen atoms in total. The van der Waals surface area contributed by atoms with Crippen LogP contribution in [-0.4, -0.2) is 17.4 Å². The van der Waals surface area contributed by atoms with Crippen LogP contribution in [0.3, 0.4) is 0 Å². The lowest BCUT2D eigenvalue weighted by molar-refractivity contribution is 0.0902. The first kappa shape index (κ1) is 14.0. The molecule has 4 N–H and O–H groups in total. The summed E-state index contributed by atoms with van der Waals surface area (Å²) in [6.07, 6.45) is 0. The molecule has 1 heterocycles. The zero-order valence-corrected chi connectivity index (χ0v) is 11.2. The Bertz CT molecular complexity index is 651. The predicted molar refractivity (Wildman–Crippen MR) is 77.4 cm³/mol. The minimum atomic E-state index is -0.689. The van der Waals surface area contributed by atoms with Crippen LogP contribution in [0.15, 0.2) is 53.3 Å². The molecule has 2 aromatic rings. The number of hydrogen-bond acceptors (Lipinski definition) is 3. The first-order chi connectivity index (χ1) is 9.55. The molecule has 1 amide bonds. The van der Waals surface area contributed by atoms with Crippen molar-refractivity contribution in [2.24, 2.45) is 5.73 Å². The number of amides is 1. The first-order valence-corrected chi connectivity index (χ1v) is 6.32. The molecule has 0 aliphatic carbocycles. The molecule has 0 fully saturated rings. The lowest BCUT2D eigenvalue weighted by Crippen LogP contribution is -2.49. The summed E-state index contributed by atoms with van der Waals surface area (Å²) in [6.45, 7) is 2.10. The monoisotopic (exact) mass is 271 g/mol. The van der Waals surface area contributed by atoms with E-state index in [2.05, 4.69) is 10.3 Å². The average molecular weight is 271 g/mol. The van der Waals surface area contributed by atoms with Crippen molar-refractivity contribution in [2.75, 3.05) is 6.54 Å². The van der Waals surface area contributed by atoms with E-state index < -0.39 is 5.54 Å². The van der Waals surface area contributed by atoms with Crippen molar-refractivity contribution in [3.05, 3.63) is 70.1 Å². The fraction of sp³-hybridized carbons (Fsp3) is 0.200. The van der Waals surface area contributed by atoms with Crippen LogP contribution >= 0.6 is 0 Å². The van der Waals surface area contributed by atoms with Gasteiger partial charge in [0.1, 0.15) is 5.69 Å². The Morgan fingerprint density at radius 2 is 1.90 bits per heavy atom. The van der Waals surface area contributed by atoms with Crippen molar-refractivity contribution in [2.45, 2.75) is 12.5 Å². The van der Waals surface area contributed by atoms with Crippen LogP contribution < -0.4 is 16.6 Å². The van der Waals surface area contributed by atoms with Crippen LogP contribution in [0.25, 0.3) is 0 Å². The van der Waals surface area contributed by atoms with Crippen molar-refractivity contribution in [3.8, 4) is 0 Å². The number of carbonyl (C=O) groups excluding carboxylic acids is 1. The number of nitrogens with one attached hydrogen (secondary N) is 2. The number of H-pyrrole nitrogens is 1. The summed E-state index contributed by atoms with van der Waals surface area (Å²) >= 11 is 0. The normalized spacial score (nSPS) is 13.5. The van der Waals surface area contributed by atoms with Crippen LogP contribution in [0.4, 0.5) is 0 Å². The van der Waals surface area contributed by atoms with Crippen LogP contribution in [0.2, 0.25) is 0 Å². The van der Waals surface area contributed by atoms with E-state index in [1.54, 1.807) is 6.07 Å². The minimum Gasteiger partial charge on any atom is -0.340 e. The molecule has 20 heavy (non-hydrogen) atoms. The van der Waals surface area contributed by atoms with E-state index in [0.717, 1.165) is 5.56 Å². The summed E-state index contributed by atoms with van der Waals surface area (Å²) in [7, 11) is 0. The smallest absolute Gasteiger partial charge is 0.268 e. The van der Waals surface area contributed by atoms with Gasteiger partial charge in [-0.05, 0) is 18.6 Å². The molecule has 0 saturated heterocycles. The Morgan fingerprint density at radius 3 is 2.50 bits per heavy atom. The molecule has 1 atom stereocenters. The van der Waals surface area contributed by atoms with E-state index in [4.69, 9.17) is 5.73 Å². The number of nitrogens with two attached hydrogens (primary N) is 1. The van der Waals surface area contributed by atoms with Gasteiger partial charge >= 0.3 is 0 Å². The quantitative estimate of drug-likeness (QED) is 0.774. The highest BCUT2D eigenvalue weighted by atomic mass is 16.2. The number of hydrogen-bond donors (Lipinski definition) is 3. The molecule has 0 saturated carbocycles. The number of carbonyl (C=O) groups is 1. The second-order valence-corrected chi connectivity index (χ2v) is 4.79. The van der Waals surface area contributed by atoms with Crippen LogP contribution in [0.5, 0.6) is 0 Å². The fourth-order valence-corrected chi connectivity index (χ4v) is 1.95. The van der Waals surface area contributed by atoms with E-state index in [0.29, 0.717) is 0 Å². The Kier molecular flexibility index (Phi) is 4.00. The van der Waals surface area contributed by atoms with E-state index in [-0.39, 0.29) is 23.7 Å². The van der Waals surface area contributed by atoms with Crippen molar-refractivity contribution in [1.29, 1.82) is 0 Å². The highest BCUT2D eigenvalue weighted by molar-refractivity contribution is 5.92. The second-order valence-electron chi connectivity index (χ2n) is 4.79. The van der Waals surface area contributed by atoms with Gasteiger partial charge in [0, 0.05) is 12.6 Å². The highest BCUT2D eigenvalue weighted by Gasteiger charge is 2.27. The van der Waals surface area contributed by atoms with Gasteiger partial charge in [-0.1, -0.05) is 36.4 Å². The third-order valence-corrected chi connectivity index (χ3v) is 3.22. The van der Waals surface area contributed by atoms with Crippen LogP contribution in [-0.2, 0) is 5.54 Å². The summed E-state index contributed by atoms with van der Waals surface area (Å²) in [5, 5.41) is 2.87. The average Bonchev–Trinajstić information content (AvgIpc) is 2.48. The zero-order valence-electron chi connectivity index (χ0n) is 11.2.